The summed E-state index contributed by atoms with van der Waals surface area (Å²) in [4.78, 5) is 14.3. The highest BCUT2D eigenvalue weighted by molar-refractivity contribution is 7.20. The summed E-state index contributed by atoms with van der Waals surface area (Å²) in [6.45, 7) is 0.937. The second-order valence-electron chi connectivity index (χ2n) is 4.46. The number of carbonyl (C=O) groups excluding carboxylic acids is 1. The van der Waals surface area contributed by atoms with Gasteiger partial charge < -0.3 is 10.0 Å². The minimum absolute atomic E-state index is 0.118. The monoisotopic (exact) mass is 265 g/mol. The molecule has 2 heterocycles. The molecule has 1 aliphatic heterocycles. The van der Waals surface area contributed by atoms with Gasteiger partial charge in [-0.05, 0) is 24.6 Å². The number of halogens is 1. The molecule has 1 aromatic heterocycles. The van der Waals surface area contributed by atoms with Crippen LogP contribution in [0.1, 0.15) is 16.1 Å². The number of aliphatic hydroxyl groups is 1. The lowest BCUT2D eigenvalue weighted by Gasteiger charge is -2.13. The first-order chi connectivity index (χ1) is 8.65. The summed E-state index contributed by atoms with van der Waals surface area (Å²) in [6.07, 6.45) is 0.186. The molecule has 0 spiro atoms. The SMILES string of the molecule is O=C(c1cc2c(F)cccc2s1)N1CC[C@@H](O)C1. The fourth-order valence-electron chi connectivity index (χ4n) is 2.21. The van der Waals surface area contributed by atoms with Crippen molar-refractivity contribution in [2.45, 2.75) is 12.5 Å². The number of carbonyl (C=O) groups is 1. The number of hydrogen-bond acceptors (Lipinski definition) is 3. The highest BCUT2D eigenvalue weighted by Crippen LogP contribution is 2.29. The summed E-state index contributed by atoms with van der Waals surface area (Å²) in [5.41, 5.74) is 0. The van der Waals surface area contributed by atoms with Crippen molar-refractivity contribution >= 4 is 27.3 Å². The molecule has 1 fully saturated rings. The summed E-state index contributed by atoms with van der Waals surface area (Å²) in [5, 5.41) is 9.92. The smallest absolute Gasteiger partial charge is 0.264 e. The second-order valence-corrected chi connectivity index (χ2v) is 5.54. The molecule has 1 saturated heterocycles. The molecule has 1 amide bonds. The minimum atomic E-state index is -0.430. The lowest BCUT2D eigenvalue weighted by atomic mass is 10.2. The van der Waals surface area contributed by atoms with E-state index in [9.17, 15) is 14.3 Å². The predicted octanol–water partition coefficient (Wildman–Crippen LogP) is 2.25. The Bertz CT molecular complexity index is 610. The number of likely N-dealkylation sites (tertiary alicyclic amines) is 1. The largest absolute Gasteiger partial charge is 0.391 e. The van der Waals surface area contributed by atoms with Crippen molar-refractivity contribution in [1.82, 2.24) is 4.90 Å². The van der Waals surface area contributed by atoms with Gasteiger partial charge in [0.25, 0.3) is 5.91 Å². The highest BCUT2D eigenvalue weighted by atomic mass is 32.1. The van der Waals surface area contributed by atoms with Crippen molar-refractivity contribution in [3.8, 4) is 0 Å². The van der Waals surface area contributed by atoms with Crippen LogP contribution >= 0.6 is 11.3 Å². The molecule has 1 aliphatic rings. The summed E-state index contributed by atoms with van der Waals surface area (Å²) in [7, 11) is 0. The first kappa shape index (κ1) is 11.6. The number of aliphatic hydroxyl groups excluding tert-OH is 1. The van der Waals surface area contributed by atoms with Crippen LogP contribution < -0.4 is 0 Å². The number of thiophene rings is 1. The van der Waals surface area contributed by atoms with E-state index in [1.165, 1.54) is 17.4 Å². The van der Waals surface area contributed by atoms with Gasteiger partial charge in [-0.15, -0.1) is 11.3 Å². The molecule has 3 nitrogen and oxygen atoms in total. The van der Waals surface area contributed by atoms with Crippen LogP contribution in [0.15, 0.2) is 24.3 Å². The van der Waals surface area contributed by atoms with Crippen molar-refractivity contribution in [3.63, 3.8) is 0 Å². The Morgan fingerprint density at radius 1 is 1.50 bits per heavy atom. The van der Waals surface area contributed by atoms with Gasteiger partial charge in [0.1, 0.15) is 5.82 Å². The average Bonchev–Trinajstić information content (AvgIpc) is 2.95. The molecule has 1 N–H and O–H groups in total. The molecule has 2 aromatic rings. The van der Waals surface area contributed by atoms with E-state index in [2.05, 4.69) is 0 Å². The van der Waals surface area contributed by atoms with Gasteiger partial charge in [-0.1, -0.05) is 6.07 Å². The van der Waals surface area contributed by atoms with Crippen LogP contribution in [0.4, 0.5) is 4.39 Å². The molecule has 1 atom stereocenters. The summed E-state index contributed by atoms with van der Waals surface area (Å²) in [5.74, 6) is -0.420. The minimum Gasteiger partial charge on any atom is -0.391 e. The number of β-amino-alcohol motifs (C(OH)–C–C–N with tert-alkyl or cyclic N) is 1. The Hall–Kier alpha value is -1.46. The molecular formula is C13H12FNO2S. The van der Waals surface area contributed by atoms with E-state index < -0.39 is 6.10 Å². The van der Waals surface area contributed by atoms with E-state index in [0.29, 0.717) is 29.8 Å². The maximum atomic E-state index is 13.5. The van der Waals surface area contributed by atoms with Crippen LogP contribution in [0.3, 0.4) is 0 Å². The standard InChI is InChI=1S/C13H12FNO2S/c14-10-2-1-3-11-9(10)6-12(18-11)13(17)15-5-4-8(16)7-15/h1-3,6,8,16H,4-5,7H2/t8-/m1/s1. The van der Waals surface area contributed by atoms with Crippen molar-refractivity contribution in [1.29, 1.82) is 0 Å². The van der Waals surface area contributed by atoms with Gasteiger partial charge in [-0.25, -0.2) is 4.39 Å². The maximum absolute atomic E-state index is 13.5. The van der Waals surface area contributed by atoms with Crippen LogP contribution in [0.25, 0.3) is 10.1 Å². The average molecular weight is 265 g/mol. The van der Waals surface area contributed by atoms with Gasteiger partial charge in [-0.2, -0.15) is 0 Å². The van der Waals surface area contributed by atoms with Crippen molar-refractivity contribution in [2.75, 3.05) is 13.1 Å². The van der Waals surface area contributed by atoms with Crippen LogP contribution in [0, 0.1) is 5.82 Å². The molecule has 0 unspecified atom stereocenters. The van der Waals surface area contributed by atoms with Crippen LogP contribution in [0.2, 0.25) is 0 Å². The number of fused-ring (bicyclic) bond motifs is 1. The van der Waals surface area contributed by atoms with Gasteiger partial charge in [0.2, 0.25) is 0 Å². The molecule has 0 saturated carbocycles. The van der Waals surface area contributed by atoms with Crippen LogP contribution in [0.5, 0.6) is 0 Å². The quantitative estimate of drug-likeness (QED) is 0.859. The van der Waals surface area contributed by atoms with Crippen molar-refractivity contribution in [2.24, 2.45) is 0 Å². The third kappa shape index (κ3) is 1.89. The maximum Gasteiger partial charge on any atom is 0.264 e. The van der Waals surface area contributed by atoms with Gasteiger partial charge in [0, 0.05) is 23.2 Å². The number of rotatable bonds is 1. The van der Waals surface area contributed by atoms with E-state index in [1.54, 1.807) is 23.1 Å². The number of benzene rings is 1. The van der Waals surface area contributed by atoms with E-state index in [1.807, 2.05) is 0 Å². The van der Waals surface area contributed by atoms with E-state index >= 15 is 0 Å². The van der Waals surface area contributed by atoms with Gasteiger partial charge in [0.15, 0.2) is 0 Å². The van der Waals surface area contributed by atoms with Gasteiger partial charge in [-0.3, -0.25) is 4.79 Å². The molecule has 5 heteroatoms. The van der Waals surface area contributed by atoms with E-state index in [4.69, 9.17) is 0 Å². The zero-order chi connectivity index (χ0) is 12.7. The molecule has 94 valence electrons. The van der Waals surface area contributed by atoms with Crippen LogP contribution in [-0.2, 0) is 0 Å². The topological polar surface area (TPSA) is 40.5 Å². The van der Waals surface area contributed by atoms with Crippen molar-refractivity contribution < 1.29 is 14.3 Å². The van der Waals surface area contributed by atoms with E-state index in [-0.39, 0.29) is 11.7 Å². The Kier molecular flexibility index (Phi) is 2.80. The highest BCUT2D eigenvalue weighted by Gasteiger charge is 2.26. The second kappa shape index (κ2) is 4.33. The number of hydrogen-bond donors (Lipinski definition) is 1. The Morgan fingerprint density at radius 2 is 2.33 bits per heavy atom. The zero-order valence-corrected chi connectivity index (χ0v) is 10.4. The molecule has 3 rings (SSSR count). The molecule has 0 aliphatic carbocycles. The normalized spacial score (nSPS) is 19.7. The van der Waals surface area contributed by atoms with Crippen LogP contribution in [-0.4, -0.2) is 35.1 Å². The fourth-order valence-corrected chi connectivity index (χ4v) is 3.26. The lowest BCUT2D eigenvalue weighted by molar-refractivity contribution is 0.0770. The molecule has 0 bridgehead atoms. The molecule has 0 radical (unpaired) electrons. The Labute approximate surface area is 107 Å². The third-order valence-electron chi connectivity index (χ3n) is 3.17. The Balaban J connectivity index is 1.95. The van der Waals surface area contributed by atoms with Gasteiger partial charge >= 0.3 is 0 Å². The van der Waals surface area contributed by atoms with Gasteiger partial charge in [0.05, 0.1) is 11.0 Å². The fraction of sp³-hybridized carbons (Fsp3) is 0.308. The first-order valence-corrected chi connectivity index (χ1v) is 6.62. The Morgan fingerprint density at radius 3 is 3.00 bits per heavy atom. The van der Waals surface area contributed by atoms with E-state index in [0.717, 1.165) is 4.70 Å². The lowest BCUT2D eigenvalue weighted by Crippen LogP contribution is -2.28. The zero-order valence-electron chi connectivity index (χ0n) is 9.60. The number of amides is 1. The summed E-state index contributed by atoms with van der Waals surface area (Å²) < 4.78 is 14.3. The van der Waals surface area contributed by atoms with Crippen molar-refractivity contribution in [3.05, 3.63) is 35.0 Å². The molecule has 18 heavy (non-hydrogen) atoms. The predicted molar refractivity (Wildman–Crippen MR) is 68.3 cm³/mol. The molecule has 1 aromatic carbocycles. The first-order valence-electron chi connectivity index (χ1n) is 5.80. The summed E-state index contributed by atoms with van der Waals surface area (Å²) >= 11 is 1.29. The number of nitrogens with zero attached hydrogens (tertiary/aromatic N) is 1. The molecular weight excluding hydrogens is 253 g/mol. The third-order valence-corrected chi connectivity index (χ3v) is 4.26. The summed E-state index contributed by atoms with van der Waals surface area (Å²) in [6, 6.07) is 6.44.